The van der Waals surface area contributed by atoms with Crippen molar-refractivity contribution in [3.05, 3.63) is 48.2 Å². The van der Waals surface area contributed by atoms with Crippen LogP contribution in [0.2, 0.25) is 0 Å². The van der Waals surface area contributed by atoms with Crippen molar-refractivity contribution in [2.24, 2.45) is 5.73 Å². The van der Waals surface area contributed by atoms with Gasteiger partial charge in [-0.1, -0.05) is 18.2 Å². The van der Waals surface area contributed by atoms with Crippen molar-refractivity contribution in [2.45, 2.75) is 6.54 Å². The first kappa shape index (κ1) is 9.92. The summed E-state index contributed by atoms with van der Waals surface area (Å²) in [5.74, 6) is 0.732. The minimum atomic E-state index is 0.512. The molecule has 3 aromatic rings. The van der Waals surface area contributed by atoms with Gasteiger partial charge in [-0.2, -0.15) is 9.61 Å². The van der Waals surface area contributed by atoms with E-state index in [9.17, 15) is 0 Å². The molecule has 0 saturated carbocycles. The van der Waals surface area contributed by atoms with Crippen molar-refractivity contribution < 1.29 is 0 Å². The SMILES string of the molecule is NCc1cccc(-c2nnc3cccnn23)c1. The Morgan fingerprint density at radius 1 is 1.12 bits per heavy atom. The van der Waals surface area contributed by atoms with E-state index in [0.29, 0.717) is 6.54 Å². The molecule has 5 nitrogen and oxygen atoms in total. The first-order valence-electron chi connectivity index (χ1n) is 5.34. The first-order valence-corrected chi connectivity index (χ1v) is 5.34. The van der Waals surface area contributed by atoms with Crippen LogP contribution in [0.15, 0.2) is 42.6 Å². The van der Waals surface area contributed by atoms with Gasteiger partial charge in [0.2, 0.25) is 0 Å². The smallest absolute Gasteiger partial charge is 0.185 e. The zero-order chi connectivity index (χ0) is 11.7. The molecule has 0 amide bonds. The highest BCUT2D eigenvalue weighted by molar-refractivity contribution is 5.59. The van der Waals surface area contributed by atoms with Gasteiger partial charge in [-0.15, -0.1) is 10.2 Å². The van der Waals surface area contributed by atoms with Crippen LogP contribution >= 0.6 is 0 Å². The molecule has 5 heteroatoms. The molecule has 0 aliphatic carbocycles. The quantitative estimate of drug-likeness (QED) is 0.712. The third-order valence-corrected chi connectivity index (χ3v) is 2.60. The third-order valence-electron chi connectivity index (χ3n) is 2.60. The normalized spacial score (nSPS) is 10.9. The van der Waals surface area contributed by atoms with Crippen LogP contribution in [0, 0.1) is 0 Å². The largest absolute Gasteiger partial charge is 0.326 e. The Bertz CT molecular complexity index is 659. The van der Waals surface area contributed by atoms with E-state index in [1.54, 1.807) is 10.7 Å². The average Bonchev–Trinajstić information content (AvgIpc) is 2.82. The predicted molar refractivity (Wildman–Crippen MR) is 64.1 cm³/mol. The number of rotatable bonds is 2. The summed E-state index contributed by atoms with van der Waals surface area (Å²) >= 11 is 0. The Morgan fingerprint density at radius 2 is 2.06 bits per heavy atom. The lowest BCUT2D eigenvalue weighted by Gasteiger charge is -2.01. The first-order chi connectivity index (χ1) is 8.38. The Morgan fingerprint density at radius 3 is 2.94 bits per heavy atom. The monoisotopic (exact) mass is 225 g/mol. The number of benzene rings is 1. The van der Waals surface area contributed by atoms with E-state index in [-0.39, 0.29) is 0 Å². The van der Waals surface area contributed by atoms with Crippen molar-refractivity contribution in [3.8, 4) is 11.4 Å². The fourth-order valence-corrected chi connectivity index (χ4v) is 1.76. The van der Waals surface area contributed by atoms with Crippen LogP contribution in [-0.4, -0.2) is 19.8 Å². The highest BCUT2D eigenvalue weighted by atomic mass is 15.4. The summed E-state index contributed by atoms with van der Waals surface area (Å²) in [6.07, 6.45) is 1.71. The predicted octanol–water partition coefficient (Wildman–Crippen LogP) is 1.25. The van der Waals surface area contributed by atoms with Gasteiger partial charge in [0.05, 0.1) is 0 Å². The molecule has 0 radical (unpaired) electrons. The molecule has 0 saturated heterocycles. The van der Waals surface area contributed by atoms with Crippen LogP contribution in [-0.2, 0) is 6.54 Å². The maximum Gasteiger partial charge on any atom is 0.185 e. The summed E-state index contributed by atoms with van der Waals surface area (Å²) in [6.45, 7) is 0.512. The number of hydrogen-bond acceptors (Lipinski definition) is 4. The Hall–Kier alpha value is -2.27. The van der Waals surface area contributed by atoms with Gasteiger partial charge in [-0.05, 0) is 23.8 Å². The number of nitrogens with two attached hydrogens (primary N) is 1. The van der Waals surface area contributed by atoms with Gasteiger partial charge in [-0.3, -0.25) is 0 Å². The molecule has 1 aromatic carbocycles. The number of aromatic nitrogens is 4. The summed E-state index contributed by atoms with van der Waals surface area (Å²) in [6, 6.07) is 11.6. The Balaban J connectivity index is 2.20. The van der Waals surface area contributed by atoms with Crippen molar-refractivity contribution >= 4 is 5.65 Å². The number of hydrogen-bond donors (Lipinski definition) is 1. The van der Waals surface area contributed by atoms with Crippen LogP contribution < -0.4 is 5.73 Å². The van der Waals surface area contributed by atoms with Gasteiger partial charge in [0.15, 0.2) is 11.5 Å². The summed E-state index contributed by atoms with van der Waals surface area (Å²) in [4.78, 5) is 0. The van der Waals surface area contributed by atoms with Gasteiger partial charge >= 0.3 is 0 Å². The maximum atomic E-state index is 5.63. The molecule has 2 heterocycles. The summed E-state index contributed by atoms with van der Waals surface area (Å²) in [5, 5.41) is 12.5. The number of fused-ring (bicyclic) bond motifs is 1. The lowest BCUT2D eigenvalue weighted by molar-refractivity contribution is 0.934. The second-order valence-electron chi connectivity index (χ2n) is 3.72. The zero-order valence-corrected chi connectivity index (χ0v) is 9.11. The maximum absolute atomic E-state index is 5.63. The molecule has 0 bridgehead atoms. The summed E-state index contributed by atoms with van der Waals surface area (Å²) < 4.78 is 1.72. The van der Waals surface area contributed by atoms with Gasteiger partial charge in [-0.25, -0.2) is 0 Å². The molecule has 2 N–H and O–H groups in total. The van der Waals surface area contributed by atoms with Crippen molar-refractivity contribution in [1.82, 2.24) is 19.8 Å². The lowest BCUT2D eigenvalue weighted by atomic mass is 10.1. The molecule has 2 aromatic heterocycles. The van der Waals surface area contributed by atoms with E-state index >= 15 is 0 Å². The molecule has 0 unspecified atom stereocenters. The van der Waals surface area contributed by atoms with E-state index in [0.717, 1.165) is 22.6 Å². The standard InChI is InChI=1S/C12H11N5/c13-8-9-3-1-4-10(7-9)12-16-15-11-5-2-6-14-17(11)12/h1-7H,8,13H2. The fraction of sp³-hybridized carbons (Fsp3) is 0.0833. The minimum Gasteiger partial charge on any atom is -0.326 e. The second-order valence-corrected chi connectivity index (χ2v) is 3.72. The van der Waals surface area contributed by atoms with Crippen LogP contribution in [0.3, 0.4) is 0 Å². The zero-order valence-electron chi connectivity index (χ0n) is 9.11. The molecule has 0 fully saturated rings. The van der Waals surface area contributed by atoms with E-state index in [1.807, 2.05) is 36.4 Å². The molecule has 0 aliphatic heterocycles. The molecule has 84 valence electrons. The molecule has 17 heavy (non-hydrogen) atoms. The van der Waals surface area contributed by atoms with Crippen LogP contribution in [0.4, 0.5) is 0 Å². The highest BCUT2D eigenvalue weighted by Gasteiger charge is 2.08. The third kappa shape index (κ3) is 1.66. The molecule has 0 aliphatic rings. The Kier molecular flexibility index (Phi) is 2.31. The molecular weight excluding hydrogens is 214 g/mol. The molecular formula is C12H11N5. The Labute approximate surface area is 97.9 Å². The van der Waals surface area contributed by atoms with E-state index in [2.05, 4.69) is 15.3 Å². The summed E-state index contributed by atoms with van der Waals surface area (Å²) in [5.41, 5.74) is 8.40. The average molecular weight is 225 g/mol. The highest BCUT2D eigenvalue weighted by Crippen LogP contribution is 2.18. The minimum absolute atomic E-state index is 0.512. The van der Waals surface area contributed by atoms with E-state index in [4.69, 9.17) is 5.73 Å². The van der Waals surface area contributed by atoms with Crippen molar-refractivity contribution in [2.75, 3.05) is 0 Å². The lowest BCUT2D eigenvalue weighted by Crippen LogP contribution is -1.97. The molecule has 3 rings (SSSR count). The van der Waals surface area contributed by atoms with Gasteiger partial charge in [0.1, 0.15) is 0 Å². The fourth-order valence-electron chi connectivity index (χ4n) is 1.76. The topological polar surface area (TPSA) is 69.1 Å². The second kappa shape index (κ2) is 3.95. The van der Waals surface area contributed by atoms with E-state index in [1.165, 1.54) is 0 Å². The van der Waals surface area contributed by atoms with Crippen molar-refractivity contribution in [1.29, 1.82) is 0 Å². The molecule has 0 atom stereocenters. The van der Waals surface area contributed by atoms with Crippen LogP contribution in [0.25, 0.3) is 17.0 Å². The van der Waals surface area contributed by atoms with Gasteiger partial charge in [0.25, 0.3) is 0 Å². The van der Waals surface area contributed by atoms with Crippen molar-refractivity contribution in [3.63, 3.8) is 0 Å². The van der Waals surface area contributed by atoms with Gasteiger partial charge in [0, 0.05) is 18.3 Å². The summed E-state index contributed by atoms with van der Waals surface area (Å²) in [7, 11) is 0. The van der Waals surface area contributed by atoms with Crippen LogP contribution in [0.1, 0.15) is 5.56 Å². The van der Waals surface area contributed by atoms with Crippen LogP contribution in [0.5, 0.6) is 0 Å². The molecule has 0 spiro atoms. The van der Waals surface area contributed by atoms with Gasteiger partial charge < -0.3 is 5.73 Å². The van der Waals surface area contributed by atoms with E-state index < -0.39 is 0 Å². The number of nitrogens with zero attached hydrogens (tertiary/aromatic N) is 4.